The Morgan fingerprint density at radius 1 is 1.42 bits per heavy atom. The molecule has 0 aromatic carbocycles. The quantitative estimate of drug-likeness (QED) is 0.925. The molecule has 1 N–H and O–H groups in total. The first-order chi connectivity index (χ1) is 9.33. The van der Waals surface area contributed by atoms with E-state index in [1.54, 1.807) is 18.5 Å². The maximum absolute atomic E-state index is 11.9. The molecule has 19 heavy (non-hydrogen) atoms. The molecule has 3 rings (SSSR count). The van der Waals surface area contributed by atoms with Gasteiger partial charge in [0.05, 0.1) is 16.7 Å². The van der Waals surface area contributed by atoms with Gasteiger partial charge in [-0.1, -0.05) is 0 Å². The molecule has 0 unspecified atom stereocenters. The Kier molecular flexibility index (Phi) is 3.79. The lowest BCUT2D eigenvalue weighted by Gasteiger charge is -2.21. The number of nitrogens with zero attached hydrogens (tertiary/aromatic N) is 2. The molecule has 0 spiro atoms. The van der Waals surface area contributed by atoms with Gasteiger partial charge in [-0.3, -0.25) is 9.78 Å². The molecule has 5 nitrogen and oxygen atoms in total. The van der Waals surface area contributed by atoms with Crippen LogP contribution in [0.3, 0.4) is 0 Å². The predicted molar refractivity (Wildman–Crippen MR) is 75.3 cm³/mol. The third-order valence-corrected chi connectivity index (χ3v) is 4.56. The number of ether oxygens (including phenoxy) is 1. The summed E-state index contributed by atoms with van der Waals surface area (Å²) >= 11 is 1.84. The molecule has 0 amide bonds. The van der Waals surface area contributed by atoms with Crippen molar-refractivity contribution in [3.8, 4) is 0 Å². The Labute approximate surface area is 114 Å². The van der Waals surface area contributed by atoms with Crippen LogP contribution in [0.1, 0.15) is 18.7 Å². The normalized spacial score (nSPS) is 16.8. The van der Waals surface area contributed by atoms with Crippen LogP contribution in [-0.4, -0.2) is 33.4 Å². The molecular weight excluding hydrogens is 262 g/mol. The van der Waals surface area contributed by atoms with Crippen molar-refractivity contribution < 1.29 is 4.74 Å². The van der Waals surface area contributed by atoms with Gasteiger partial charge >= 0.3 is 0 Å². The average molecular weight is 277 g/mol. The van der Waals surface area contributed by atoms with E-state index in [-0.39, 0.29) is 5.56 Å². The zero-order chi connectivity index (χ0) is 13.1. The lowest BCUT2D eigenvalue weighted by Crippen LogP contribution is -2.18. The second-order valence-corrected chi connectivity index (χ2v) is 5.82. The topological polar surface area (TPSA) is 67.9 Å². The summed E-state index contributed by atoms with van der Waals surface area (Å²) in [5, 5.41) is 1.15. The van der Waals surface area contributed by atoms with Gasteiger partial charge in [-0.05, 0) is 18.9 Å². The van der Waals surface area contributed by atoms with Crippen molar-refractivity contribution in [3.05, 3.63) is 34.6 Å². The van der Waals surface area contributed by atoms with E-state index >= 15 is 0 Å². The number of aromatic amines is 1. The molecule has 2 aromatic heterocycles. The average Bonchev–Trinajstić information content (AvgIpc) is 2.46. The minimum atomic E-state index is -0.110. The smallest absolute Gasteiger partial charge is 0.260 e. The highest BCUT2D eigenvalue weighted by molar-refractivity contribution is 7.99. The van der Waals surface area contributed by atoms with Crippen LogP contribution in [0, 0.1) is 0 Å². The highest BCUT2D eigenvalue weighted by atomic mass is 32.2. The van der Waals surface area contributed by atoms with Crippen LogP contribution in [-0.2, 0) is 10.5 Å². The molecule has 0 radical (unpaired) electrons. The van der Waals surface area contributed by atoms with Gasteiger partial charge in [0.2, 0.25) is 0 Å². The van der Waals surface area contributed by atoms with Crippen LogP contribution in [0.2, 0.25) is 0 Å². The summed E-state index contributed by atoms with van der Waals surface area (Å²) in [6.07, 6.45) is 5.36. The van der Waals surface area contributed by atoms with Gasteiger partial charge in [-0.25, -0.2) is 4.98 Å². The summed E-state index contributed by atoms with van der Waals surface area (Å²) in [6.45, 7) is 1.68. The second-order valence-electron chi connectivity index (χ2n) is 4.53. The Morgan fingerprint density at radius 3 is 3.11 bits per heavy atom. The van der Waals surface area contributed by atoms with Crippen molar-refractivity contribution in [2.75, 3.05) is 13.2 Å². The first-order valence-corrected chi connectivity index (χ1v) is 7.40. The Balaban J connectivity index is 1.75. The highest BCUT2D eigenvalue weighted by Crippen LogP contribution is 2.24. The molecular formula is C13H15N3O2S. The molecule has 0 atom stereocenters. The van der Waals surface area contributed by atoms with Gasteiger partial charge in [0.1, 0.15) is 5.82 Å². The van der Waals surface area contributed by atoms with Crippen molar-refractivity contribution >= 4 is 22.7 Å². The number of H-pyrrole nitrogens is 1. The van der Waals surface area contributed by atoms with E-state index in [0.717, 1.165) is 37.6 Å². The summed E-state index contributed by atoms with van der Waals surface area (Å²) < 4.78 is 5.33. The van der Waals surface area contributed by atoms with E-state index in [1.807, 2.05) is 11.8 Å². The SMILES string of the molecule is O=c1[nH]c(CSC2CCOCC2)nc2ccncc12. The zero-order valence-corrected chi connectivity index (χ0v) is 11.3. The largest absolute Gasteiger partial charge is 0.381 e. The summed E-state index contributed by atoms with van der Waals surface area (Å²) in [5.74, 6) is 1.47. The van der Waals surface area contributed by atoms with Gasteiger partial charge < -0.3 is 9.72 Å². The summed E-state index contributed by atoms with van der Waals surface area (Å²) in [5.41, 5.74) is 0.599. The number of hydrogen-bond acceptors (Lipinski definition) is 5. The molecule has 6 heteroatoms. The number of aromatic nitrogens is 3. The number of fused-ring (bicyclic) bond motifs is 1. The number of hydrogen-bond donors (Lipinski definition) is 1. The van der Waals surface area contributed by atoms with Gasteiger partial charge in [-0.2, -0.15) is 11.8 Å². The third-order valence-electron chi connectivity index (χ3n) is 3.18. The van der Waals surface area contributed by atoms with Crippen molar-refractivity contribution in [2.45, 2.75) is 23.8 Å². The minimum Gasteiger partial charge on any atom is -0.381 e. The van der Waals surface area contributed by atoms with E-state index in [9.17, 15) is 4.79 Å². The van der Waals surface area contributed by atoms with Crippen molar-refractivity contribution in [1.29, 1.82) is 0 Å². The summed E-state index contributed by atoms with van der Waals surface area (Å²) in [7, 11) is 0. The summed E-state index contributed by atoms with van der Waals surface area (Å²) in [4.78, 5) is 23.1. The van der Waals surface area contributed by atoms with Crippen LogP contribution in [0.5, 0.6) is 0 Å². The first kappa shape index (κ1) is 12.6. The molecule has 1 aliphatic heterocycles. The molecule has 0 saturated carbocycles. The van der Waals surface area contributed by atoms with Gasteiger partial charge in [0.25, 0.3) is 5.56 Å². The fourth-order valence-corrected chi connectivity index (χ4v) is 3.20. The lowest BCUT2D eigenvalue weighted by atomic mass is 10.2. The molecule has 1 saturated heterocycles. The molecule has 1 fully saturated rings. The molecule has 2 aromatic rings. The van der Waals surface area contributed by atoms with E-state index in [4.69, 9.17) is 4.74 Å². The lowest BCUT2D eigenvalue weighted by molar-refractivity contribution is 0.1000. The Hall–Kier alpha value is -1.40. The Bertz CT molecular complexity index is 623. The van der Waals surface area contributed by atoms with Crippen LogP contribution < -0.4 is 5.56 Å². The molecule has 1 aliphatic rings. The fourth-order valence-electron chi connectivity index (χ4n) is 2.14. The Morgan fingerprint density at radius 2 is 2.26 bits per heavy atom. The van der Waals surface area contributed by atoms with Gasteiger partial charge in [-0.15, -0.1) is 0 Å². The maximum atomic E-state index is 11.9. The number of nitrogens with one attached hydrogen (secondary N) is 1. The van der Waals surface area contributed by atoms with E-state index in [0.29, 0.717) is 16.2 Å². The fraction of sp³-hybridized carbons (Fsp3) is 0.462. The monoisotopic (exact) mass is 277 g/mol. The molecule has 0 aliphatic carbocycles. The number of pyridine rings is 1. The number of rotatable bonds is 3. The summed E-state index contributed by atoms with van der Waals surface area (Å²) in [6, 6.07) is 1.77. The van der Waals surface area contributed by atoms with E-state index < -0.39 is 0 Å². The van der Waals surface area contributed by atoms with Crippen molar-refractivity contribution in [1.82, 2.24) is 15.0 Å². The molecule has 0 bridgehead atoms. The van der Waals surface area contributed by atoms with Crippen LogP contribution >= 0.6 is 11.8 Å². The van der Waals surface area contributed by atoms with Gasteiger partial charge in [0, 0.05) is 30.9 Å². The molecule has 3 heterocycles. The third kappa shape index (κ3) is 2.96. The maximum Gasteiger partial charge on any atom is 0.260 e. The predicted octanol–water partition coefficient (Wildman–Crippen LogP) is 1.73. The first-order valence-electron chi connectivity index (χ1n) is 6.35. The van der Waals surface area contributed by atoms with E-state index in [2.05, 4.69) is 15.0 Å². The highest BCUT2D eigenvalue weighted by Gasteiger charge is 2.14. The zero-order valence-electron chi connectivity index (χ0n) is 10.5. The number of thioether (sulfide) groups is 1. The standard InChI is InChI=1S/C13H15N3O2S/c17-13-10-7-14-4-1-11(10)15-12(16-13)8-19-9-2-5-18-6-3-9/h1,4,7,9H,2-3,5-6,8H2,(H,15,16,17). The van der Waals surface area contributed by atoms with Crippen LogP contribution in [0.4, 0.5) is 0 Å². The van der Waals surface area contributed by atoms with Gasteiger partial charge in [0.15, 0.2) is 0 Å². The van der Waals surface area contributed by atoms with Crippen LogP contribution in [0.15, 0.2) is 23.3 Å². The van der Waals surface area contributed by atoms with Crippen molar-refractivity contribution in [2.24, 2.45) is 0 Å². The second kappa shape index (κ2) is 5.71. The molecule has 100 valence electrons. The van der Waals surface area contributed by atoms with Crippen LogP contribution in [0.25, 0.3) is 10.9 Å². The van der Waals surface area contributed by atoms with Crippen molar-refractivity contribution in [3.63, 3.8) is 0 Å². The minimum absolute atomic E-state index is 0.110. The van der Waals surface area contributed by atoms with E-state index in [1.165, 1.54) is 0 Å².